The van der Waals surface area contributed by atoms with Crippen molar-refractivity contribution in [1.82, 2.24) is 4.57 Å². The van der Waals surface area contributed by atoms with Crippen LogP contribution in [0, 0.1) is 6.92 Å². The smallest absolute Gasteiger partial charge is 0.331 e. The molecule has 156 valence electrons. The van der Waals surface area contributed by atoms with Crippen LogP contribution in [0.3, 0.4) is 0 Å². The second kappa shape index (κ2) is 8.49. The Morgan fingerprint density at radius 2 is 1.58 bits per heavy atom. The van der Waals surface area contributed by atoms with Crippen molar-refractivity contribution >= 4 is 47.6 Å². The highest BCUT2D eigenvalue weighted by Gasteiger charge is 2.14. The maximum atomic E-state index is 11.1. The lowest BCUT2D eigenvalue weighted by molar-refractivity contribution is -0.140. The van der Waals surface area contributed by atoms with E-state index in [2.05, 4.69) is 87.0 Å². The van der Waals surface area contributed by atoms with E-state index in [4.69, 9.17) is 4.84 Å². The van der Waals surface area contributed by atoms with Crippen LogP contribution in [0.15, 0.2) is 65.8 Å². The quantitative estimate of drug-likeness (QED) is 0.166. The molecular weight excluding hydrogens is 403 g/mol. The molecule has 5 heteroatoms. The van der Waals surface area contributed by atoms with Gasteiger partial charge >= 0.3 is 5.97 Å². The number of nitrogens with zero attached hydrogens (tertiary/aromatic N) is 2. The molecule has 0 spiro atoms. The lowest BCUT2D eigenvalue weighted by atomic mass is 9.98. The summed E-state index contributed by atoms with van der Waals surface area (Å²) in [7, 11) is 3.89. The number of rotatable bonds is 5. The molecule has 4 rings (SSSR count). The summed E-state index contributed by atoms with van der Waals surface area (Å²) >= 11 is 0. The van der Waals surface area contributed by atoms with Gasteiger partial charge < -0.3 is 9.40 Å². The first-order valence-corrected chi connectivity index (χ1v) is 10.8. The van der Waals surface area contributed by atoms with Gasteiger partial charge in [-0.2, -0.15) is 0 Å². The normalized spacial score (nSPS) is 11.8. The van der Waals surface area contributed by atoms with E-state index in [1.165, 1.54) is 34.5 Å². The number of hydrogen-bond donors (Lipinski definition) is 0. The Labute approximate surface area is 184 Å². The Morgan fingerprint density at radius 1 is 0.968 bits per heavy atom. The molecule has 0 aliphatic rings. The van der Waals surface area contributed by atoms with Gasteiger partial charge in [-0.15, -0.1) is 8.86 Å². The molecule has 1 aromatic heterocycles. The number of aryl methyl sites for hydroxylation is 2. The highest BCUT2D eigenvalue weighted by atomic mass is 31.0. The number of hydrogen-bond acceptors (Lipinski definition) is 3. The van der Waals surface area contributed by atoms with E-state index in [1.54, 1.807) is 0 Å². The number of benzene rings is 3. The second-order valence-corrected chi connectivity index (χ2v) is 8.16. The van der Waals surface area contributed by atoms with Crippen LogP contribution in [-0.4, -0.2) is 21.5 Å². The Balaban J connectivity index is 1.89. The third-order valence-electron chi connectivity index (χ3n) is 5.61. The summed E-state index contributed by atoms with van der Waals surface area (Å²) in [5.74, 6) is -0.427. The summed E-state index contributed by atoms with van der Waals surface area (Å²) in [5.41, 5.74) is 7.49. The predicted molar refractivity (Wildman–Crippen MR) is 132 cm³/mol. The molecule has 4 aromatic rings. The molecule has 0 atom stereocenters. The van der Waals surface area contributed by atoms with Crippen molar-refractivity contribution in [2.75, 3.05) is 0 Å². The van der Waals surface area contributed by atoms with Gasteiger partial charge in [0.25, 0.3) is 0 Å². The van der Waals surface area contributed by atoms with Gasteiger partial charge in [-0.05, 0) is 67.3 Å². The summed E-state index contributed by atoms with van der Waals surface area (Å²) in [6.45, 7) is 8.34. The predicted octanol–water partition coefficient (Wildman–Crippen LogP) is 6.12. The molecular formula is C26H25N2O2P. The van der Waals surface area contributed by atoms with Crippen LogP contribution in [0.1, 0.15) is 43.0 Å². The van der Waals surface area contributed by atoms with Crippen LogP contribution in [0.5, 0.6) is 0 Å². The molecule has 0 unspecified atom stereocenters. The van der Waals surface area contributed by atoms with E-state index in [-0.39, 0.29) is 0 Å². The minimum Gasteiger partial charge on any atom is -0.341 e. The monoisotopic (exact) mass is 428 g/mol. The van der Waals surface area contributed by atoms with Gasteiger partial charge in [-0.25, -0.2) is 4.79 Å². The first-order chi connectivity index (χ1) is 14.9. The van der Waals surface area contributed by atoms with Crippen molar-refractivity contribution in [3.05, 3.63) is 82.9 Å². The van der Waals surface area contributed by atoms with Gasteiger partial charge in [0.15, 0.2) is 0 Å². The lowest BCUT2D eigenvalue weighted by Gasteiger charge is -2.10. The zero-order chi connectivity index (χ0) is 22.1. The van der Waals surface area contributed by atoms with Gasteiger partial charge in [-0.1, -0.05) is 41.6 Å². The Morgan fingerprint density at radius 3 is 2.19 bits per heavy atom. The molecule has 0 radical (unpaired) electrons. The molecule has 0 fully saturated rings. The van der Waals surface area contributed by atoms with E-state index in [9.17, 15) is 4.79 Å². The number of oxime groups is 1. The average molecular weight is 428 g/mol. The summed E-state index contributed by atoms with van der Waals surface area (Å²) in [5, 5.41) is 7.35. The molecule has 0 aliphatic heterocycles. The van der Waals surface area contributed by atoms with Crippen molar-refractivity contribution in [2.45, 2.75) is 34.2 Å². The van der Waals surface area contributed by atoms with Crippen molar-refractivity contribution in [3.63, 3.8) is 0 Å². The standard InChI is InChI=1S/C26H25N2O2P/c1-5-28-24-12-10-19(17(3)27-30-18(4)29)14-22(24)23-15-20(11-13-25(23)28)26(31)21-9-7-6-8-16(21)2/h6-15,31H,5H2,1-4H3/b27-17+. The van der Waals surface area contributed by atoms with E-state index in [0.717, 1.165) is 28.4 Å². The number of fused-ring (bicyclic) bond motifs is 3. The highest BCUT2D eigenvalue weighted by molar-refractivity contribution is 7.23. The summed E-state index contributed by atoms with van der Waals surface area (Å²) in [6.07, 6.45) is 0. The fourth-order valence-electron chi connectivity index (χ4n) is 4.02. The van der Waals surface area contributed by atoms with Crippen LogP contribution in [0.2, 0.25) is 0 Å². The van der Waals surface area contributed by atoms with Crippen LogP contribution in [0.25, 0.3) is 21.8 Å². The molecule has 0 saturated heterocycles. The second-order valence-electron chi connectivity index (χ2n) is 7.66. The molecule has 0 bridgehead atoms. The van der Waals surface area contributed by atoms with Crippen molar-refractivity contribution in [3.8, 4) is 0 Å². The molecule has 0 saturated carbocycles. The van der Waals surface area contributed by atoms with Gasteiger partial charge in [-0.3, -0.25) is 0 Å². The SMILES string of the molecule is CCn1c2ccc(C(=P)c3ccccc3C)cc2c2cc(/C(C)=N/OC(C)=O)ccc21. The van der Waals surface area contributed by atoms with Crippen LogP contribution in [-0.2, 0) is 16.2 Å². The molecule has 3 aromatic carbocycles. The van der Waals surface area contributed by atoms with E-state index < -0.39 is 5.97 Å². The summed E-state index contributed by atoms with van der Waals surface area (Å²) in [4.78, 5) is 15.9. The Hall–Kier alpha value is -3.23. The maximum Gasteiger partial charge on any atom is 0.331 e. The topological polar surface area (TPSA) is 43.6 Å². The third-order valence-corrected chi connectivity index (χ3v) is 6.17. The number of aromatic nitrogens is 1. The van der Waals surface area contributed by atoms with Gasteiger partial charge in [0.1, 0.15) is 0 Å². The molecule has 31 heavy (non-hydrogen) atoms. The average Bonchev–Trinajstić information content (AvgIpc) is 3.09. The first-order valence-electron chi connectivity index (χ1n) is 10.3. The number of carbonyl (C=O) groups is 1. The summed E-state index contributed by atoms with van der Waals surface area (Å²) in [6, 6.07) is 21.2. The first kappa shape index (κ1) is 21.0. The molecule has 0 N–H and O–H groups in total. The number of carbonyl (C=O) groups excluding carboxylic acids is 1. The fraction of sp³-hybridized carbons (Fsp3) is 0.192. The highest BCUT2D eigenvalue weighted by Crippen LogP contribution is 2.32. The summed E-state index contributed by atoms with van der Waals surface area (Å²) < 4.78 is 2.32. The minimum absolute atomic E-state index is 0.427. The van der Waals surface area contributed by atoms with E-state index in [1.807, 2.05) is 13.0 Å². The van der Waals surface area contributed by atoms with Crippen LogP contribution >= 0.6 is 8.86 Å². The molecule has 0 aliphatic carbocycles. The van der Waals surface area contributed by atoms with E-state index >= 15 is 0 Å². The van der Waals surface area contributed by atoms with Crippen molar-refractivity contribution in [1.29, 1.82) is 0 Å². The zero-order valence-electron chi connectivity index (χ0n) is 18.2. The zero-order valence-corrected chi connectivity index (χ0v) is 19.2. The van der Waals surface area contributed by atoms with Gasteiger partial charge in [0, 0.05) is 40.6 Å². The molecule has 4 nitrogen and oxygen atoms in total. The van der Waals surface area contributed by atoms with Crippen molar-refractivity contribution in [2.24, 2.45) is 5.16 Å². The van der Waals surface area contributed by atoms with Gasteiger partial charge in [0.2, 0.25) is 0 Å². The Bertz CT molecular complexity index is 1360. The molecule has 1 heterocycles. The van der Waals surface area contributed by atoms with E-state index in [0.29, 0.717) is 5.71 Å². The van der Waals surface area contributed by atoms with Crippen molar-refractivity contribution < 1.29 is 9.63 Å². The molecule has 0 amide bonds. The van der Waals surface area contributed by atoms with Crippen LogP contribution < -0.4 is 0 Å². The van der Waals surface area contributed by atoms with Crippen LogP contribution in [0.4, 0.5) is 0 Å². The Kier molecular flexibility index (Phi) is 5.75. The largest absolute Gasteiger partial charge is 0.341 e. The van der Waals surface area contributed by atoms with Gasteiger partial charge in [0.05, 0.1) is 5.71 Å². The fourth-order valence-corrected chi connectivity index (χ4v) is 4.46. The third kappa shape index (κ3) is 3.92. The lowest BCUT2D eigenvalue weighted by Crippen LogP contribution is -2.01. The minimum atomic E-state index is -0.427. The maximum absolute atomic E-state index is 11.1.